The number of benzene rings is 1. The summed E-state index contributed by atoms with van der Waals surface area (Å²) in [6.45, 7) is 5.38. The third-order valence-electron chi connectivity index (χ3n) is 2.94. The number of aliphatic carboxylic acids is 1. The van der Waals surface area contributed by atoms with Gasteiger partial charge in [-0.05, 0) is 32.8 Å². The molecule has 0 unspecified atom stereocenters. The molecule has 0 spiro atoms. The van der Waals surface area contributed by atoms with E-state index in [1.807, 2.05) is 30.3 Å². The molecular formula is C17H24N2O5. The SMILES string of the molecule is CC(C)(C)OC(=O)N[C@@H](CC(=O)O)C(=O)NCCc1ccccc1. The van der Waals surface area contributed by atoms with E-state index in [2.05, 4.69) is 10.6 Å². The Morgan fingerprint density at radius 3 is 2.33 bits per heavy atom. The van der Waals surface area contributed by atoms with E-state index in [1.54, 1.807) is 20.8 Å². The largest absolute Gasteiger partial charge is 0.481 e. The first-order valence-corrected chi connectivity index (χ1v) is 7.70. The van der Waals surface area contributed by atoms with Crippen LogP contribution in [0.15, 0.2) is 30.3 Å². The van der Waals surface area contributed by atoms with Crippen LogP contribution < -0.4 is 10.6 Å². The highest BCUT2D eigenvalue weighted by Gasteiger charge is 2.26. The lowest BCUT2D eigenvalue weighted by Crippen LogP contribution is -2.49. The number of amides is 2. The molecule has 0 saturated heterocycles. The number of ether oxygens (including phenoxy) is 1. The van der Waals surface area contributed by atoms with Gasteiger partial charge >= 0.3 is 12.1 Å². The summed E-state index contributed by atoms with van der Waals surface area (Å²) >= 11 is 0. The molecule has 1 aromatic rings. The molecule has 0 bridgehead atoms. The van der Waals surface area contributed by atoms with Gasteiger partial charge in [0.1, 0.15) is 11.6 Å². The quantitative estimate of drug-likeness (QED) is 0.703. The van der Waals surface area contributed by atoms with Crippen LogP contribution in [0.25, 0.3) is 0 Å². The number of carboxylic acids is 1. The number of hydrogen-bond acceptors (Lipinski definition) is 4. The van der Waals surface area contributed by atoms with E-state index in [1.165, 1.54) is 0 Å². The number of carbonyl (C=O) groups excluding carboxylic acids is 2. The minimum Gasteiger partial charge on any atom is -0.481 e. The van der Waals surface area contributed by atoms with E-state index < -0.39 is 36.0 Å². The van der Waals surface area contributed by atoms with Crippen molar-refractivity contribution in [3.05, 3.63) is 35.9 Å². The average molecular weight is 336 g/mol. The molecular weight excluding hydrogens is 312 g/mol. The van der Waals surface area contributed by atoms with Crippen molar-refractivity contribution in [2.75, 3.05) is 6.54 Å². The van der Waals surface area contributed by atoms with Crippen molar-refractivity contribution in [1.82, 2.24) is 10.6 Å². The second-order valence-corrected chi connectivity index (χ2v) is 6.32. The van der Waals surface area contributed by atoms with Crippen molar-refractivity contribution in [1.29, 1.82) is 0 Å². The summed E-state index contributed by atoms with van der Waals surface area (Å²) in [7, 11) is 0. The second-order valence-electron chi connectivity index (χ2n) is 6.32. The van der Waals surface area contributed by atoms with Crippen LogP contribution in [-0.4, -0.2) is 41.3 Å². The maximum absolute atomic E-state index is 12.1. The molecule has 1 atom stereocenters. The van der Waals surface area contributed by atoms with Crippen LogP contribution in [0, 0.1) is 0 Å². The average Bonchev–Trinajstić information content (AvgIpc) is 2.45. The van der Waals surface area contributed by atoms with E-state index in [0.717, 1.165) is 5.56 Å². The van der Waals surface area contributed by atoms with Crippen molar-refractivity contribution >= 4 is 18.0 Å². The standard InChI is InChI=1S/C17H24N2O5/c1-17(2,3)24-16(23)19-13(11-14(20)21)15(22)18-10-9-12-7-5-4-6-8-12/h4-8,13H,9-11H2,1-3H3,(H,18,22)(H,19,23)(H,20,21)/t13-/m0/s1. The number of carboxylic acid groups (broad SMARTS) is 1. The summed E-state index contributed by atoms with van der Waals surface area (Å²) < 4.78 is 5.05. The predicted molar refractivity (Wildman–Crippen MR) is 88.6 cm³/mol. The summed E-state index contributed by atoms with van der Waals surface area (Å²) in [5.41, 5.74) is 0.314. The first-order valence-electron chi connectivity index (χ1n) is 7.70. The van der Waals surface area contributed by atoms with Gasteiger partial charge in [0.2, 0.25) is 5.91 Å². The van der Waals surface area contributed by atoms with E-state index in [4.69, 9.17) is 9.84 Å². The lowest BCUT2D eigenvalue weighted by Gasteiger charge is -2.22. The fourth-order valence-electron chi connectivity index (χ4n) is 1.93. The highest BCUT2D eigenvalue weighted by Crippen LogP contribution is 2.07. The Morgan fingerprint density at radius 2 is 1.79 bits per heavy atom. The molecule has 0 fully saturated rings. The molecule has 1 rings (SSSR count). The van der Waals surface area contributed by atoms with Gasteiger partial charge in [0.05, 0.1) is 6.42 Å². The van der Waals surface area contributed by atoms with Gasteiger partial charge in [-0.2, -0.15) is 0 Å². The van der Waals surface area contributed by atoms with E-state index in [0.29, 0.717) is 13.0 Å². The van der Waals surface area contributed by atoms with Crippen molar-refractivity contribution in [2.24, 2.45) is 0 Å². The highest BCUT2D eigenvalue weighted by molar-refractivity contribution is 5.89. The van der Waals surface area contributed by atoms with Gasteiger partial charge < -0.3 is 20.5 Å². The predicted octanol–water partition coefficient (Wildman–Crippen LogP) is 1.71. The topological polar surface area (TPSA) is 105 Å². The Labute approximate surface area is 141 Å². The van der Waals surface area contributed by atoms with Gasteiger partial charge in [-0.25, -0.2) is 4.79 Å². The van der Waals surface area contributed by atoms with Crippen molar-refractivity contribution in [2.45, 2.75) is 45.3 Å². The van der Waals surface area contributed by atoms with Gasteiger partial charge in [0.15, 0.2) is 0 Å². The molecule has 132 valence electrons. The first-order chi connectivity index (χ1) is 11.2. The molecule has 1 aromatic carbocycles. The first kappa shape index (κ1) is 19.5. The third-order valence-corrected chi connectivity index (χ3v) is 2.94. The minimum absolute atomic E-state index is 0.342. The molecule has 7 nitrogen and oxygen atoms in total. The maximum Gasteiger partial charge on any atom is 0.408 e. The van der Waals surface area contributed by atoms with Gasteiger partial charge in [0, 0.05) is 6.54 Å². The van der Waals surface area contributed by atoms with E-state index in [9.17, 15) is 14.4 Å². The summed E-state index contributed by atoms with van der Waals surface area (Å²) in [5.74, 6) is -1.74. The van der Waals surface area contributed by atoms with Crippen molar-refractivity contribution in [3.63, 3.8) is 0 Å². The normalized spacial score (nSPS) is 12.1. The number of carbonyl (C=O) groups is 3. The smallest absolute Gasteiger partial charge is 0.408 e. The van der Waals surface area contributed by atoms with Crippen LogP contribution in [0.2, 0.25) is 0 Å². The third kappa shape index (κ3) is 8.17. The molecule has 0 aromatic heterocycles. The monoisotopic (exact) mass is 336 g/mol. The second kappa shape index (κ2) is 8.90. The molecule has 0 heterocycles. The van der Waals surface area contributed by atoms with Crippen LogP contribution in [-0.2, 0) is 20.7 Å². The molecule has 3 N–H and O–H groups in total. The molecule has 0 aliphatic rings. The minimum atomic E-state index is -1.19. The Hall–Kier alpha value is -2.57. The molecule has 0 aliphatic carbocycles. The van der Waals surface area contributed by atoms with Crippen LogP contribution in [0.5, 0.6) is 0 Å². The summed E-state index contributed by atoms with van der Waals surface area (Å²) in [6, 6.07) is 8.37. The van der Waals surface area contributed by atoms with Crippen molar-refractivity contribution < 1.29 is 24.2 Å². The van der Waals surface area contributed by atoms with Gasteiger partial charge in [-0.3, -0.25) is 9.59 Å². The van der Waals surface area contributed by atoms with Crippen LogP contribution >= 0.6 is 0 Å². The number of hydrogen-bond donors (Lipinski definition) is 3. The van der Waals surface area contributed by atoms with Gasteiger partial charge in [-0.15, -0.1) is 0 Å². The Morgan fingerprint density at radius 1 is 1.17 bits per heavy atom. The van der Waals surface area contributed by atoms with Gasteiger partial charge in [-0.1, -0.05) is 30.3 Å². The molecule has 7 heteroatoms. The highest BCUT2D eigenvalue weighted by atomic mass is 16.6. The summed E-state index contributed by atoms with van der Waals surface area (Å²) in [4.78, 5) is 34.8. The van der Waals surface area contributed by atoms with Crippen LogP contribution in [0.1, 0.15) is 32.8 Å². The van der Waals surface area contributed by atoms with Crippen molar-refractivity contribution in [3.8, 4) is 0 Å². The van der Waals surface area contributed by atoms with Gasteiger partial charge in [0.25, 0.3) is 0 Å². The fourth-order valence-corrected chi connectivity index (χ4v) is 1.93. The Kier molecular flexibility index (Phi) is 7.23. The maximum atomic E-state index is 12.1. The Balaban J connectivity index is 2.54. The summed E-state index contributed by atoms with van der Waals surface area (Å²) in [6.07, 6.45) is -0.734. The lowest BCUT2D eigenvalue weighted by atomic mass is 10.1. The number of rotatable bonds is 7. The number of alkyl carbamates (subject to hydrolysis) is 1. The summed E-state index contributed by atoms with van der Waals surface area (Å²) in [5, 5.41) is 13.8. The molecule has 0 saturated carbocycles. The zero-order valence-electron chi connectivity index (χ0n) is 14.2. The number of nitrogens with one attached hydrogen (secondary N) is 2. The molecule has 0 radical (unpaired) electrons. The Bertz CT molecular complexity index is 566. The van der Waals surface area contributed by atoms with Crippen LogP contribution in [0.4, 0.5) is 4.79 Å². The molecule has 24 heavy (non-hydrogen) atoms. The van der Waals surface area contributed by atoms with Crippen LogP contribution in [0.3, 0.4) is 0 Å². The lowest BCUT2D eigenvalue weighted by molar-refractivity contribution is -0.139. The van der Waals surface area contributed by atoms with E-state index in [-0.39, 0.29) is 0 Å². The molecule has 0 aliphatic heterocycles. The fraction of sp³-hybridized carbons (Fsp3) is 0.471. The zero-order valence-corrected chi connectivity index (χ0v) is 14.2. The molecule has 2 amide bonds. The van der Waals surface area contributed by atoms with E-state index >= 15 is 0 Å². The zero-order chi connectivity index (χ0) is 18.2.